The maximum atomic E-state index is 13.1. The third-order valence-corrected chi connectivity index (χ3v) is 7.00. The molecule has 0 radical (unpaired) electrons. The van der Waals surface area contributed by atoms with Gasteiger partial charge in [-0.3, -0.25) is 9.59 Å². The van der Waals surface area contributed by atoms with Gasteiger partial charge in [-0.05, 0) is 68.0 Å². The standard InChI is InChI=1S/C24H29N5O2/c1-16-6-7-20(12-17(16)2)29-15-19(14-23(29)30)24(31)28-10-8-27(9-11-28)22-13-18-4-3-5-21(18)25-26-22/h6-7,12-13,19H,3-5,8-11,14-15H2,1-2H3. The van der Waals surface area contributed by atoms with Crippen molar-refractivity contribution in [3.63, 3.8) is 0 Å². The van der Waals surface area contributed by atoms with Crippen LogP contribution in [0.4, 0.5) is 11.5 Å². The highest BCUT2D eigenvalue weighted by Gasteiger charge is 2.38. The minimum Gasteiger partial charge on any atom is -0.352 e. The van der Waals surface area contributed by atoms with E-state index in [0.29, 0.717) is 26.1 Å². The van der Waals surface area contributed by atoms with Crippen molar-refractivity contribution in [3.05, 3.63) is 46.6 Å². The largest absolute Gasteiger partial charge is 0.352 e. The van der Waals surface area contributed by atoms with E-state index in [1.54, 1.807) is 4.90 Å². The fourth-order valence-electron chi connectivity index (χ4n) is 4.90. The van der Waals surface area contributed by atoms with Gasteiger partial charge in [0.1, 0.15) is 0 Å². The van der Waals surface area contributed by atoms with Gasteiger partial charge in [-0.25, -0.2) is 0 Å². The molecule has 7 heteroatoms. The lowest BCUT2D eigenvalue weighted by molar-refractivity contribution is -0.136. The number of carbonyl (C=O) groups excluding carboxylic acids is 2. The Morgan fingerprint density at radius 1 is 1.00 bits per heavy atom. The molecule has 0 bridgehead atoms. The van der Waals surface area contributed by atoms with Crippen LogP contribution in [-0.4, -0.2) is 59.6 Å². The third kappa shape index (κ3) is 3.77. The van der Waals surface area contributed by atoms with Crippen molar-refractivity contribution in [2.24, 2.45) is 5.92 Å². The second-order valence-corrected chi connectivity index (χ2v) is 9.01. The summed E-state index contributed by atoms with van der Waals surface area (Å²) in [6, 6.07) is 8.22. The van der Waals surface area contributed by atoms with Gasteiger partial charge in [-0.1, -0.05) is 6.07 Å². The summed E-state index contributed by atoms with van der Waals surface area (Å²) in [5, 5.41) is 8.80. The van der Waals surface area contributed by atoms with Gasteiger partial charge in [0.2, 0.25) is 11.8 Å². The second kappa shape index (κ2) is 7.94. The Bertz CT molecular complexity index is 1030. The van der Waals surface area contributed by atoms with Crippen molar-refractivity contribution in [1.82, 2.24) is 15.1 Å². The number of benzene rings is 1. The Labute approximate surface area is 183 Å². The number of fused-ring (bicyclic) bond motifs is 1. The summed E-state index contributed by atoms with van der Waals surface area (Å²) in [7, 11) is 0. The number of carbonyl (C=O) groups is 2. The van der Waals surface area contributed by atoms with Crippen LogP contribution in [0.3, 0.4) is 0 Å². The van der Waals surface area contributed by atoms with Gasteiger partial charge in [0, 0.05) is 44.8 Å². The Morgan fingerprint density at radius 3 is 2.58 bits per heavy atom. The molecule has 1 aliphatic carbocycles. The predicted molar refractivity (Wildman–Crippen MR) is 119 cm³/mol. The smallest absolute Gasteiger partial charge is 0.228 e. The van der Waals surface area contributed by atoms with Gasteiger partial charge in [0.25, 0.3) is 0 Å². The van der Waals surface area contributed by atoms with Crippen LogP contribution in [0.5, 0.6) is 0 Å². The summed E-state index contributed by atoms with van der Waals surface area (Å²) < 4.78 is 0. The van der Waals surface area contributed by atoms with Crippen LogP contribution in [0.15, 0.2) is 24.3 Å². The van der Waals surface area contributed by atoms with Crippen LogP contribution in [-0.2, 0) is 22.4 Å². The van der Waals surface area contributed by atoms with Gasteiger partial charge in [-0.15, -0.1) is 5.10 Å². The molecule has 2 fully saturated rings. The molecule has 0 N–H and O–H groups in total. The highest BCUT2D eigenvalue weighted by atomic mass is 16.2. The molecule has 3 heterocycles. The van der Waals surface area contributed by atoms with E-state index in [2.05, 4.69) is 28.1 Å². The van der Waals surface area contributed by atoms with Crippen molar-refractivity contribution in [2.75, 3.05) is 42.5 Å². The number of nitrogens with zero attached hydrogens (tertiary/aromatic N) is 5. The van der Waals surface area contributed by atoms with E-state index in [0.717, 1.165) is 55.1 Å². The zero-order valence-electron chi connectivity index (χ0n) is 18.3. The first-order valence-corrected chi connectivity index (χ1v) is 11.3. The van der Waals surface area contributed by atoms with Crippen molar-refractivity contribution >= 4 is 23.3 Å². The molecule has 2 aliphatic heterocycles. The summed E-state index contributed by atoms with van der Waals surface area (Å²) in [6.07, 6.45) is 3.57. The van der Waals surface area contributed by atoms with Crippen LogP contribution < -0.4 is 9.80 Å². The minimum absolute atomic E-state index is 0.0358. The molecule has 1 atom stereocenters. The first kappa shape index (κ1) is 20.0. The zero-order chi connectivity index (χ0) is 21.5. The molecule has 5 rings (SSSR count). The summed E-state index contributed by atoms with van der Waals surface area (Å²) in [4.78, 5) is 31.7. The SMILES string of the molecule is Cc1ccc(N2CC(C(=O)N3CCN(c4cc5c(nn4)CCC5)CC3)CC2=O)cc1C. The molecule has 0 saturated carbocycles. The molecule has 3 aliphatic rings. The van der Waals surface area contributed by atoms with Crippen LogP contribution in [0, 0.1) is 19.8 Å². The van der Waals surface area contributed by atoms with Crippen molar-refractivity contribution in [2.45, 2.75) is 39.5 Å². The first-order valence-electron chi connectivity index (χ1n) is 11.3. The first-order chi connectivity index (χ1) is 15.0. The number of aromatic nitrogens is 2. The number of rotatable bonds is 3. The van der Waals surface area contributed by atoms with Crippen molar-refractivity contribution in [3.8, 4) is 0 Å². The van der Waals surface area contributed by atoms with E-state index >= 15 is 0 Å². The lowest BCUT2D eigenvalue weighted by Gasteiger charge is -2.36. The van der Waals surface area contributed by atoms with Crippen LogP contribution in [0.25, 0.3) is 0 Å². The summed E-state index contributed by atoms with van der Waals surface area (Å²) in [6.45, 7) is 7.40. The number of anilines is 2. The van der Waals surface area contributed by atoms with E-state index in [9.17, 15) is 9.59 Å². The van der Waals surface area contributed by atoms with Crippen LogP contribution in [0.1, 0.15) is 35.2 Å². The lowest BCUT2D eigenvalue weighted by atomic mass is 10.1. The molecule has 0 spiro atoms. The van der Waals surface area contributed by atoms with Gasteiger partial charge in [0.05, 0.1) is 11.6 Å². The van der Waals surface area contributed by atoms with Gasteiger partial charge in [0.15, 0.2) is 5.82 Å². The van der Waals surface area contributed by atoms with Gasteiger partial charge in [-0.2, -0.15) is 5.10 Å². The molecule has 2 amide bonds. The molecule has 162 valence electrons. The summed E-state index contributed by atoms with van der Waals surface area (Å²) in [5.41, 5.74) is 5.71. The zero-order valence-corrected chi connectivity index (χ0v) is 18.3. The summed E-state index contributed by atoms with van der Waals surface area (Å²) >= 11 is 0. The molecular formula is C24H29N5O2. The molecule has 1 aromatic heterocycles. The third-order valence-electron chi connectivity index (χ3n) is 7.00. The number of hydrogen-bond donors (Lipinski definition) is 0. The molecule has 2 aromatic rings. The maximum absolute atomic E-state index is 13.1. The van der Waals surface area contributed by atoms with E-state index in [1.165, 1.54) is 11.1 Å². The molecule has 1 unspecified atom stereocenters. The van der Waals surface area contributed by atoms with E-state index < -0.39 is 0 Å². The Kier molecular flexibility index (Phi) is 5.12. The number of piperazine rings is 1. The highest BCUT2D eigenvalue weighted by molar-refractivity contribution is 6.00. The number of hydrogen-bond acceptors (Lipinski definition) is 5. The monoisotopic (exact) mass is 419 g/mol. The molecule has 1 aromatic carbocycles. The van der Waals surface area contributed by atoms with Crippen LogP contribution in [0.2, 0.25) is 0 Å². The number of aryl methyl sites for hydroxylation is 4. The quantitative estimate of drug-likeness (QED) is 0.764. The normalized spacial score (nSPS) is 21.0. The average molecular weight is 420 g/mol. The Morgan fingerprint density at radius 2 is 1.81 bits per heavy atom. The lowest BCUT2D eigenvalue weighted by Crippen LogP contribution is -2.51. The Balaban J connectivity index is 1.20. The minimum atomic E-state index is -0.263. The highest BCUT2D eigenvalue weighted by Crippen LogP contribution is 2.29. The van der Waals surface area contributed by atoms with E-state index in [4.69, 9.17) is 0 Å². The molecule has 7 nitrogen and oxygen atoms in total. The summed E-state index contributed by atoms with van der Waals surface area (Å²) in [5.74, 6) is 0.790. The molecule has 2 saturated heterocycles. The fraction of sp³-hybridized carbons (Fsp3) is 0.500. The average Bonchev–Trinajstić information content (AvgIpc) is 3.41. The van der Waals surface area contributed by atoms with Crippen LogP contribution >= 0.6 is 0 Å². The van der Waals surface area contributed by atoms with Crippen molar-refractivity contribution < 1.29 is 9.59 Å². The molecular weight excluding hydrogens is 390 g/mol. The van der Waals surface area contributed by atoms with Crippen molar-refractivity contribution in [1.29, 1.82) is 0 Å². The fourth-order valence-corrected chi connectivity index (χ4v) is 4.90. The topological polar surface area (TPSA) is 69.6 Å². The van der Waals surface area contributed by atoms with E-state index in [1.807, 2.05) is 30.0 Å². The van der Waals surface area contributed by atoms with Gasteiger partial charge >= 0.3 is 0 Å². The predicted octanol–water partition coefficient (Wildman–Crippen LogP) is 2.28. The Hall–Kier alpha value is -2.96. The second-order valence-electron chi connectivity index (χ2n) is 9.01. The molecule has 31 heavy (non-hydrogen) atoms. The van der Waals surface area contributed by atoms with E-state index in [-0.39, 0.29) is 17.7 Å². The van der Waals surface area contributed by atoms with Gasteiger partial charge < -0.3 is 14.7 Å². The number of amides is 2. The maximum Gasteiger partial charge on any atom is 0.228 e.